The number of pyridine rings is 2. The highest BCUT2D eigenvalue weighted by atomic mass is 79.9. The van der Waals surface area contributed by atoms with Gasteiger partial charge >= 0.3 is 0 Å². The average Bonchev–Trinajstić information content (AvgIpc) is 2.52. The summed E-state index contributed by atoms with van der Waals surface area (Å²) in [4.78, 5) is 8.07. The summed E-state index contributed by atoms with van der Waals surface area (Å²) < 4.78 is 25.1. The van der Waals surface area contributed by atoms with Crippen molar-refractivity contribution in [2.45, 2.75) is 11.3 Å². The second-order valence-corrected chi connectivity index (χ2v) is 7.54. The van der Waals surface area contributed by atoms with Crippen LogP contribution in [0, 0.1) is 0 Å². The maximum Gasteiger partial charge on any atom is 0.198 e. The van der Waals surface area contributed by atoms with Crippen LogP contribution in [0.5, 0.6) is 0 Å². The highest BCUT2D eigenvalue weighted by Gasteiger charge is 2.42. The zero-order valence-electron chi connectivity index (χ0n) is 12.6. The minimum absolute atomic E-state index is 0.127. The monoisotopic (exact) mass is 460 g/mol. The molecule has 0 bridgehead atoms. The van der Waals surface area contributed by atoms with Gasteiger partial charge in [0.1, 0.15) is 0 Å². The Hall–Kier alpha value is -0.930. The molecule has 2 saturated heterocycles. The fourth-order valence-corrected chi connectivity index (χ4v) is 2.63. The molecule has 0 aromatic carbocycles. The number of hydrogen-bond donors (Lipinski definition) is 1. The molecule has 128 valence electrons. The first-order valence-corrected chi connectivity index (χ1v) is 8.81. The molecule has 1 N–H and O–H groups in total. The van der Waals surface area contributed by atoms with Gasteiger partial charge in [-0.1, -0.05) is 0 Å². The molecule has 0 amide bonds. The van der Waals surface area contributed by atoms with Crippen LogP contribution in [0.2, 0.25) is 0 Å². The summed E-state index contributed by atoms with van der Waals surface area (Å²) in [5.41, 5.74) is -1.06. The minimum Gasteiger partial charge on any atom is -0.379 e. The number of halogens is 3. The van der Waals surface area contributed by atoms with Crippen molar-refractivity contribution in [1.82, 2.24) is 9.97 Å². The van der Waals surface area contributed by atoms with Crippen LogP contribution >= 0.6 is 31.9 Å². The Balaban J connectivity index is 0.000000141. The zero-order chi connectivity index (χ0) is 17.2. The Morgan fingerprint density at radius 1 is 0.875 bits per heavy atom. The standard InChI is InChI=1S/C8H7BrFNO.C8H8BrNO2/c9-6-1-2-7(11-3-6)8(10)4-12-5-8;9-6-1-2-7(10-3-6)8(11)4-12-5-8/h1-3H,4-5H2;1-3,11H,4-5H2. The Bertz CT molecular complexity index is 628. The number of aliphatic hydroxyl groups is 1. The fraction of sp³-hybridized carbons (Fsp3) is 0.375. The van der Waals surface area contributed by atoms with Gasteiger partial charge in [0.2, 0.25) is 0 Å². The second-order valence-electron chi connectivity index (χ2n) is 5.71. The molecule has 2 fully saturated rings. The number of rotatable bonds is 2. The number of aromatic nitrogens is 2. The summed E-state index contributed by atoms with van der Waals surface area (Å²) in [6.07, 6.45) is 3.26. The Morgan fingerprint density at radius 2 is 1.38 bits per heavy atom. The maximum atomic E-state index is 13.6. The van der Waals surface area contributed by atoms with E-state index in [1.165, 1.54) is 0 Å². The molecule has 2 aromatic rings. The third-order valence-corrected chi connectivity index (χ3v) is 4.67. The largest absolute Gasteiger partial charge is 0.379 e. The molecule has 0 atom stereocenters. The topological polar surface area (TPSA) is 64.5 Å². The van der Waals surface area contributed by atoms with Crippen LogP contribution in [0.4, 0.5) is 4.39 Å². The van der Waals surface area contributed by atoms with Crippen molar-refractivity contribution in [2.24, 2.45) is 0 Å². The van der Waals surface area contributed by atoms with Crippen molar-refractivity contribution in [2.75, 3.05) is 26.4 Å². The summed E-state index contributed by atoms with van der Waals surface area (Å²) in [6.45, 7) is 0.951. The minimum atomic E-state index is -1.35. The summed E-state index contributed by atoms with van der Waals surface area (Å²) in [7, 11) is 0. The first-order chi connectivity index (χ1) is 11.4. The lowest BCUT2D eigenvalue weighted by molar-refractivity contribution is -0.186. The van der Waals surface area contributed by atoms with Crippen LogP contribution in [0.25, 0.3) is 0 Å². The molecule has 2 aliphatic rings. The first kappa shape index (κ1) is 17.9. The Morgan fingerprint density at radius 3 is 1.71 bits per heavy atom. The quantitative estimate of drug-likeness (QED) is 0.744. The highest BCUT2D eigenvalue weighted by Crippen LogP contribution is 2.32. The number of alkyl halides is 1. The van der Waals surface area contributed by atoms with Gasteiger partial charge in [-0.2, -0.15) is 0 Å². The third-order valence-electron chi connectivity index (χ3n) is 3.73. The van der Waals surface area contributed by atoms with Crippen LogP contribution < -0.4 is 0 Å². The van der Waals surface area contributed by atoms with E-state index in [4.69, 9.17) is 9.47 Å². The predicted molar refractivity (Wildman–Crippen MR) is 92.2 cm³/mol. The molecule has 2 aromatic heterocycles. The lowest BCUT2D eigenvalue weighted by Gasteiger charge is -2.35. The normalized spacial score (nSPS) is 20.2. The predicted octanol–water partition coefficient (Wildman–Crippen LogP) is 3.10. The van der Waals surface area contributed by atoms with Crippen molar-refractivity contribution < 1.29 is 19.0 Å². The molecule has 0 spiro atoms. The summed E-state index contributed by atoms with van der Waals surface area (Å²) >= 11 is 6.51. The third kappa shape index (κ3) is 3.83. The lowest BCUT2D eigenvalue weighted by atomic mass is 9.97. The SMILES string of the molecule is FC1(c2ccc(Br)cn2)COC1.OC1(c2ccc(Br)cn2)COC1. The molecular formula is C16H15Br2FN2O3. The maximum absolute atomic E-state index is 13.6. The molecule has 2 aliphatic heterocycles. The van der Waals surface area contributed by atoms with E-state index in [-0.39, 0.29) is 13.2 Å². The van der Waals surface area contributed by atoms with Crippen molar-refractivity contribution in [1.29, 1.82) is 0 Å². The Kier molecular flexibility index (Phi) is 5.31. The molecule has 5 nitrogen and oxygen atoms in total. The van der Waals surface area contributed by atoms with Gasteiger partial charge in [-0.3, -0.25) is 9.97 Å². The molecule has 8 heteroatoms. The van der Waals surface area contributed by atoms with E-state index in [2.05, 4.69) is 41.8 Å². The van der Waals surface area contributed by atoms with Crippen molar-refractivity contribution in [3.8, 4) is 0 Å². The van der Waals surface area contributed by atoms with Crippen molar-refractivity contribution >= 4 is 31.9 Å². The number of ether oxygens (including phenoxy) is 2. The van der Waals surface area contributed by atoms with Crippen LogP contribution in [-0.2, 0) is 20.7 Å². The molecule has 0 radical (unpaired) electrons. The molecular weight excluding hydrogens is 447 g/mol. The molecule has 24 heavy (non-hydrogen) atoms. The number of nitrogens with zero attached hydrogens (tertiary/aromatic N) is 2. The van der Waals surface area contributed by atoms with Crippen LogP contribution in [0.3, 0.4) is 0 Å². The van der Waals surface area contributed by atoms with Crippen LogP contribution in [0.1, 0.15) is 11.4 Å². The van der Waals surface area contributed by atoms with Crippen molar-refractivity contribution in [3.63, 3.8) is 0 Å². The van der Waals surface area contributed by atoms with Gasteiger partial charge < -0.3 is 14.6 Å². The molecule has 0 unspecified atom stereocenters. The highest BCUT2D eigenvalue weighted by molar-refractivity contribution is 9.10. The second kappa shape index (κ2) is 7.13. The summed E-state index contributed by atoms with van der Waals surface area (Å²) in [5, 5.41) is 9.77. The molecule has 0 saturated carbocycles. The van der Waals surface area contributed by atoms with Gasteiger partial charge in [0.25, 0.3) is 0 Å². The van der Waals surface area contributed by atoms with Gasteiger partial charge in [0, 0.05) is 21.3 Å². The van der Waals surface area contributed by atoms with E-state index in [0.29, 0.717) is 24.6 Å². The molecule has 4 rings (SSSR count). The fourth-order valence-electron chi connectivity index (χ4n) is 2.16. The van der Waals surface area contributed by atoms with Gasteiger partial charge in [-0.25, -0.2) is 4.39 Å². The smallest absolute Gasteiger partial charge is 0.198 e. The van der Waals surface area contributed by atoms with Crippen LogP contribution in [0.15, 0.2) is 45.6 Å². The van der Waals surface area contributed by atoms with Gasteiger partial charge in [0.05, 0.1) is 37.8 Å². The van der Waals surface area contributed by atoms with Gasteiger partial charge in [0.15, 0.2) is 11.3 Å². The van der Waals surface area contributed by atoms with E-state index in [1.807, 2.05) is 6.07 Å². The Labute approximate surface area is 155 Å². The van der Waals surface area contributed by atoms with Gasteiger partial charge in [-0.15, -0.1) is 0 Å². The average molecular weight is 462 g/mol. The van der Waals surface area contributed by atoms with E-state index in [1.54, 1.807) is 30.6 Å². The zero-order valence-corrected chi connectivity index (χ0v) is 15.8. The summed E-state index contributed by atoms with van der Waals surface area (Å²) in [6, 6.07) is 7.11. The van der Waals surface area contributed by atoms with Gasteiger partial charge in [-0.05, 0) is 56.1 Å². The molecule has 0 aliphatic carbocycles. The molecule has 4 heterocycles. The number of hydrogen-bond acceptors (Lipinski definition) is 5. The van der Waals surface area contributed by atoms with E-state index < -0.39 is 11.3 Å². The lowest BCUT2D eigenvalue weighted by Crippen LogP contribution is -2.47. The van der Waals surface area contributed by atoms with Crippen molar-refractivity contribution in [3.05, 3.63) is 57.0 Å². The van der Waals surface area contributed by atoms with Crippen LogP contribution in [-0.4, -0.2) is 41.5 Å². The van der Waals surface area contributed by atoms with E-state index >= 15 is 0 Å². The van der Waals surface area contributed by atoms with E-state index in [9.17, 15) is 9.50 Å². The summed E-state index contributed by atoms with van der Waals surface area (Å²) in [5.74, 6) is 0. The van der Waals surface area contributed by atoms with E-state index in [0.717, 1.165) is 8.95 Å². The first-order valence-electron chi connectivity index (χ1n) is 7.22.